The van der Waals surface area contributed by atoms with Crippen molar-refractivity contribution in [3.63, 3.8) is 0 Å². The minimum atomic E-state index is -4.06. The highest BCUT2D eigenvalue weighted by atomic mass is 32.2. The molecule has 13 heteroatoms. The normalized spacial score (nSPS) is 28.3. The Morgan fingerprint density at radius 2 is 1.89 bits per heavy atom. The molecule has 3 heterocycles. The van der Waals surface area contributed by atoms with Crippen molar-refractivity contribution in [2.24, 2.45) is 17.1 Å². The average molecular weight is 671 g/mol. The number of fused-ring (bicyclic) bond motifs is 3. The van der Waals surface area contributed by atoms with Crippen molar-refractivity contribution < 1.29 is 27.5 Å². The summed E-state index contributed by atoms with van der Waals surface area (Å²) in [5.74, 6) is -1.34. The molecule has 258 valence electrons. The smallest absolute Gasteiger partial charge is 0.303 e. The number of benzene rings is 1. The number of nitrogens with one attached hydrogen (secondary N) is 1. The highest BCUT2D eigenvalue weighted by Crippen LogP contribution is 2.57. The number of carbonyl (C=O) groups excluding carboxylic acids is 3. The molecule has 2 fully saturated rings. The third-order valence-corrected chi connectivity index (χ3v) is 11.3. The van der Waals surface area contributed by atoms with E-state index in [1.54, 1.807) is 0 Å². The van der Waals surface area contributed by atoms with Crippen LogP contribution in [0.5, 0.6) is 6.01 Å². The van der Waals surface area contributed by atoms with Gasteiger partial charge in [-0.25, -0.2) is 4.72 Å². The van der Waals surface area contributed by atoms with Crippen LogP contribution in [0.1, 0.15) is 96.6 Å². The van der Waals surface area contributed by atoms with Crippen LogP contribution >= 0.6 is 0 Å². The maximum absolute atomic E-state index is 14.2. The Morgan fingerprint density at radius 3 is 2.57 bits per heavy atom. The molecule has 2 aromatic rings. The number of ketones is 1. The molecule has 12 nitrogen and oxygen atoms in total. The molecule has 0 unspecified atom stereocenters. The van der Waals surface area contributed by atoms with Gasteiger partial charge in [-0.05, 0) is 63.0 Å². The third kappa shape index (κ3) is 7.12. The van der Waals surface area contributed by atoms with Gasteiger partial charge in [-0.1, -0.05) is 51.0 Å². The number of hydrogen-bond acceptors (Lipinski definition) is 8. The van der Waals surface area contributed by atoms with Crippen molar-refractivity contribution in [2.45, 2.75) is 109 Å². The number of carbonyl (C=O) groups is 3. The van der Waals surface area contributed by atoms with Crippen molar-refractivity contribution >= 4 is 38.8 Å². The average Bonchev–Trinajstić information content (AvgIpc) is 3.33. The molecule has 0 radical (unpaired) electrons. The maximum atomic E-state index is 14.2. The largest absolute Gasteiger partial charge is 0.459 e. The van der Waals surface area contributed by atoms with E-state index in [4.69, 9.17) is 15.5 Å². The van der Waals surface area contributed by atoms with E-state index in [1.165, 1.54) is 19.0 Å². The van der Waals surface area contributed by atoms with Crippen LogP contribution in [-0.2, 0) is 24.6 Å². The van der Waals surface area contributed by atoms with Crippen molar-refractivity contribution in [2.75, 3.05) is 20.6 Å². The van der Waals surface area contributed by atoms with E-state index in [0.29, 0.717) is 18.9 Å². The first kappa shape index (κ1) is 35.0. The second-order valence-corrected chi connectivity index (χ2v) is 16.1. The third-order valence-electron chi connectivity index (χ3n) is 9.89. The number of ether oxygens (including phenoxy) is 1. The molecule has 0 bridgehead atoms. The molecule has 5 rings (SSSR count). The number of nitrogens with zero attached hydrogens (tertiary/aromatic N) is 4. The summed E-state index contributed by atoms with van der Waals surface area (Å²) in [7, 11) is -1.39. The summed E-state index contributed by atoms with van der Waals surface area (Å²) in [4.78, 5) is 47.9. The van der Waals surface area contributed by atoms with Crippen LogP contribution in [0, 0.1) is 11.3 Å². The van der Waals surface area contributed by atoms with Gasteiger partial charge < -0.3 is 15.4 Å². The van der Waals surface area contributed by atoms with Crippen LogP contribution in [0.3, 0.4) is 0 Å². The Bertz CT molecular complexity index is 1650. The van der Waals surface area contributed by atoms with E-state index in [2.05, 4.69) is 43.1 Å². The molecule has 2 aliphatic heterocycles. The Morgan fingerprint density at radius 1 is 1.15 bits per heavy atom. The molecule has 1 saturated carbocycles. The molecule has 1 aromatic carbocycles. The molecule has 1 aliphatic carbocycles. The van der Waals surface area contributed by atoms with Gasteiger partial charge in [0.1, 0.15) is 6.10 Å². The van der Waals surface area contributed by atoms with E-state index in [-0.39, 0.29) is 49.0 Å². The van der Waals surface area contributed by atoms with Crippen LogP contribution in [0.2, 0.25) is 0 Å². The number of rotatable bonds is 7. The zero-order valence-electron chi connectivity index (χ0n) is 28.4. The van der Waals surface area contributed by atoms with Crippen molar-refractivity contribution in [3.05, 3.63) is 35.9 Å². The zero-order valence-corrected chi connectivity index (χ0v) is 29.3. The van der Waals surface area contributed by atoms with Gasteiger partial charge in [-0.15, -0.1) is 0 Å². The SMILES string of the molecule is CC(C)c1cccc2nc(O[C@@H]3C[C@H]4C(=O)C[C@]5(C(=O)NS(=O)(=O)N(C)C)C[C@@H]5/C=C\CCCCC[C@H](N)C(=O)N4C3)n(C(C)C)c12. The summed E-state index contributed by atoms with van der Waals surface area (Å²) in [6, 6.07) is 4.87. The Kier molecular flexibility index (Phi) is 10.2. The molecular formula is C34H50N6O6S. The first-order valence-electron chi connectivity index (χ1n) is 16.8. The first-order chi connectivity index (χ1) is 22.2. The lowest BCUT2D eigenvalue weighted by atomic mass is 9.91. The fourth-order valence-corrected chi connectivity index (χ4v) is 7.65. The van der Waals surface area contributed by atoms with Crippen LogP contribution in [0.25, 0.3) is 11.0 Å². The number of nitrogens with two attached hydrogens (primary N) is 1. The number of imidazole rings is 1. The number of para-hydroxylation sites is 1. The van der Waals surface area contributed by atoms with E-state index >= 15 is 0 Å². The standard InChI is InChI=1S/C34H50N6O6S/c1-21(2)25-14-12-16-27-30(25)40(22(3)4)33(36-27)46-24-17-28-29(41)19-34(32(43)37-47(44,45)38(5)6)18-23(34)13-10-8-7-9-11-15-26(35)31(42)39(28)20-24/h10,12-14,16,21-24,26,28H,7-9,11,15,17-20,35H2,1-6H3,(H,37,43)/b13-10-/t23-,24+,26-,28-,34+/m0/s1. The van der Waals surface area contributed by atoms with E-state index in [9.17, 15) is 22.8 Å². The molecule has 0 spiro atoms. The summed E-state index contributed by atoms with van der Waals surface area (Å²) in [5.41, 5.74) is 8.17. The molecule has 1 saturated heterocycles. The topological polar surface area (TPSA) is 157 Å². The van der Waals surface area contributed by atoms with Crippen molar-refractivity contribution in [1.29, 1.82) is 0 Å². The van der Waals surface area contributed by atoms with Crippen molar-refractivity contribution in [3.8, 4) is 6.01 Å². The molecule has 47 heavy (non-hydrogen) atoms. The highest BCUT2D eigenvalue weighted by molar-refractivity contribution is 7.87. The van der Waals surface area contributed by atoms with E-state index in [1.807, 2.05) is 24.3 Å². The Labute approximate surface area is 278 Å². The fraction of sp³-hybridized carbons (Fsp3) is 0.647. The van der Waals surface area contributed by atoms with Gasteiger partial charge in [0.05, 0.1) is 35.1 Å². The molecule has 1 aromatic heterocycles. The lowest BCUT2D eigenvalue weighted by Gasteiger charge is -2.27. The lowest BCUT2D eigenvalue weighted by Crippen LogP contribution is -2.50. The predicted molar refractivity (Wildman–Crippen MR) is 180 cm³/mol. The summed E-state index contributed by atoms with van der Waals surface area (Å²) < 4.78 is 36.9. The first-order valence-corrected chi connectivity index (χ1v) is 18.3. The number of amides is 2. The minimum absolute atomic E-state index is 0.0371. The Balaban J connectivity index is 1.46. The lowest BCUT2D eigenvalue weighted by molar-refractivity contribution is -0.140. The number of aromatic nitrogens is 2. The van der Waals surface area contributed by atoms with Crippen molar-refractivity contribution in [1.82, 2.24) is 23.5 Å². The number of hydrogen-bond donors (Lipinski definition) is 2. The highest BCUT2D eigenvalue weighted by Gasteiger charge is 2.61. The van der Waals surface area contributed by atoms with Gasteiger partial charge in [0.25, 0.3) is 6.01 Å². The summed E-state index contributed by atoms with van der Waals surface area (Å²) in [6.07, 6.45) is 7.62. The van der Waals surface area contributed by atoms with Crippen LogP contribution in [0.4, 0.5) is 0 Å². The summed E-state index contributed by atoms with van der Waals surface area (Å²) >= 11 is 0. The van der Waals surface area contributed by atoms with Gasteiger partial charge >= 0.3 is 10.2 Å². The molecular weight excluding hydrogens is 620 g/mol. The fourth-order valence-electron chi connectivity index (χ4n) is 7.03. The van der Waals surface area contributed by atoms with Gasteiger partial charge in [0.15, 0.2) is 5.78 Å². The maximum Gasteiger partial charge on any atom is 0.303 e. The minimum Gasteiger partial charge on any atom is -0.459 e. The summed E-state index contributed by atoms with van der Waals surface area (Å²) in [6.45, 7) is 8.56. The van der Waals surface area contributed by atoms with E-state index in [0.717, 1.165) is 46.6 Å². The number of Topliss-reactive ketones (excluding diaryl/α,β-unsaturated/α-hetero) is 1. The van der Waals surface area contributed by atoms with E-state index < -0.39 is 39.7 Å². The zero-order chi connectivity index (χ0) is 34.3. The second kappa shape index (κ2) is 13.7. The Hall–Kier alpha value is -3.29. The number of allylic oxidation sites excluding steroid dienone is 2. The van der Waals surface area contributed by atoms with Gasteiger partial charge in [0.2, 0.25) is 11.8 Å². The van der Waals surface area contributed by atoms with Gasteiger partial charge in [0, 0.05) is 33.0 Å². The van der Waals surface area contributed by atoms with Crippen LogP contribution in [0.15, 0.2) is 30.4 Å². The second-order valence-electron chi connectivity index (χ2n) is 14.2. The van der Waals surface area contributed by atoms with Gasteiger partial charge in [-0.2, -0.15) is 17.7 Å². The molecule has 3 aliphatic rings. The van der Waals surface area contributed by atoms with Crippen LogP contribution < -0.4 is 15.2 Å². The quantitative estimate of drug-likeness (QED) is 0.421. The molecule has 3 N–H and O–H groups in total. The monoisotopic (exact) mass is 670 g/mol. The molecule has 2 amide bonds. The molecule has 5 atom stereocenters. The van der Waals surface area contributed by atoms with Crippen LogP contribution in [-0.4, -0.2) is 83.6 Å². The predicted octanol–water partition coefficient (Wildman–Crippen LogP) is 3.82. The summed E-state index contributed by atoms with van der Waals surface area (Å²) in [5, 5.41) is 0. The van der Waals surface area contributed by atoms with Gasteiger partial charge in [-0.3, -0.25) is 19.0 Å².